The zero-order valence-electron chi connectivity index (χ0n) is 25.9. The van der Waals surface area contributed by atoms with Crippen molar-refractivity contribution in [3.8, 4) is 6.07 Å². The van der Waals surface area contributed by atoms with Crippen LogP contribution in [0.4, 0.5) is 5.69 Å². The number of anilines is 1. The average molecular weight is 733 g/mol. The number of carbonyl (C=O) groups is 3. The number of sulfonamides is 1. The third-order valence-electron chi connectivity index (χ3n) is 8.30. The van der Waals surface area contributed by atoms with Crippen molar-refractivity contribution in [3.05, 3.63) is 118 Å². The first-order valence-corrected chi connectivity index (χ1v) is 17.3. The number of carbonyl (C=O) groups excluding carboxylic acids is 2. The summed E-state index contributed by atoms with van der Waals surface area (Å²) in [5, 5.41) is 30.1. The number of benzene rings is 3. The van der Waals surface area contributed by atoms with Crippen molar-refractivity contribution in [2.45, 2.75) is 35.9 Å². The van der Waals surface area contributed by atoms with Gasteiger partial charge in [0.1, 0.15) is 12.1 Å². The topological polar surface area (TPSA) is 187 Å². The molecule has 0 saturated carbocycles. The number of halogens is 2. The van der Waals surface area contributed by atoms with Gasteiger partial charge in [-0.3, -0.25) is 19.3 Å². The Morgan fingerprint density at radius 3 is 2.42 bits per heavy atom. The van der Waals surface area contributed by atoms with E-state index in [1.165, 1.54) is 36.7 Å². The monoisotopic (exact) mass is 731 g/mol. The van der Waals surface area contributed by atoms with E-state index < -0.39 is 45.9 Å². The highest BCUT2D eigenvalue weighted by Crippen LogP contribution is 2.34. The van der Waals surface area contributed by atoms with Crippen molar-refractivity contribution in [3.63, 3.8) is 0 Å². The maximum atomic E-state index is 14.0. The molecule has 13 nitrogen and oxygen atoms in total. The Hall–Kier alpha value is -5.33. The molecule has 3 aromatic carbocycles. The molecule has 6 rings (SSSR count). The van der Waals surface area contributed by atoms with E-state index in [9.17, 15) is 33.2 Å². The first-order valence-electron chi connectivity index (χ1n) is 15.1. The second kappa shape index (κ2) is 14.3. The van der Waals surface area contributed by atoms with E-state index >= 15 is 0 Å². The van der Waals surface area contributed by atoms with Crippen LogP contribution >= 0.6 is 23.2 Å². The SMILES string of the molecule is N#Cc1cccc(S(=O)(=O)N2C[C@H](n3ncc4ccccc43)C[C@H]2C(=O)N[C@@H](Cc2ccc(NC(=O)c3c(Cl)cncc3Cl)cc2)C(=O)O)c1. The fraction of sp³-hybridized carbons (Fsp3) is 0.176. The lowest BCUT2D eigenvalue weighted by atomic mass is 10.0. The molecule has 2 amide bonds. The van der Waals surface area contributed by atoms with Crippen molar-refractivity contribution in [2.24, 2.45) is 0 Å². The van der Waals surface area contributed by atoms with Crippen LogP contribution in [0.25, 0.3) is 10.9 Å². The van der Waals surface area contributed by atoms with Crippen molar-refractivity contribution in [2.75, 3.05) is 11.9 Å². The van der Waals surface area contributed by atoms with Gasteiger partial charge >= 0.3 is 5.97 Å². The van der Waals surface area contributed by atoms with Crippen LogP contribution in [-0.4, -0.2) is 69.0 Å². The van der Waals surface area contributed by atoms with Crippen LogP contribution in [0.5, 0.6) is 0 Å². The zero-order chi connectivity index (χ0) is 35.6. The number of para-hydroxylation sites is 1. The Balaban J connectivity index is 1.22. The van der Waals surface area contributed by atoms with Gasteiger partial charge in [0.15, 0.2) is 0 Å². The molecule has 3 N–H and O–H groups in total. The number of aliphatic carboxylic acids is 1. The third kappa shape index (κ3) is 7.03. The predicted molar refractivity (Wildman–Crippen MR) is 184 cm³/mol. The number of nitrogens with one attached hydrogen (secondary N) is 2. The zero-order valence-corrected chi connectivity index (χ0v) is 28.2. The molecule has 0 aliphatic carbocycles. The number of carboxylic acids is 1. The summed E-state index contributed by atoms with van der Waals surface area (Å²) in [4.78, 5) is 42.6. The van der Waals surface area contributed by atoms with Crippen LogP contribution in [0, 0.1) is 11.3 Å². The molecule has 1 saturated heterocycles. The van der Waals surface area contributed by atoms with E-state index in [1.54, 1.807) is 35.1 Å². The van der Waals surface area contributed by atoms with E-state index in [0.29, 0.717) is 11.3 Å². The van der Waals surface area contributed by atoms with Gasteiger partial charge in [-0.05, 0) is 48.4 Å². The molecule has 1 aliphatic rings. The lowest BCUT2D eigenvalue weighted by molar-refractivity contribution is -0.142. The number of aromatic nitrogens is 3. The van der Waals surface area contributed by atoms with Crippen LogP contribution in [0.2, 0.25) is 10.0 Å². The molecule has 2 aromatic heterocycles. The summed E-state index contributed by atoms with van der Waals surface area (Å²) in [5.74, 6) is -2.70. The molecule has 1 aliphatic heterocycles. The van der Waals surface area contributed by atoms with Gasteiger partial charge in [0.05, 0.1) is 49.9 Å². The minimum absolute atomic E-state index is 0.0148. The van der Waals surface area contributed by atoms with E-state index in [0.717, 1.165) is 15.2 Å². The summed E-state index contributed by atoms with van der Waals surface area (Å²) < 4.78 is 30.7. The fourth-order valence-electron chi connectivity index (χ4n) is 5.86. The van der Waals surface area contributed by atoms with E-state index in [4.69, 9.17) is 23.2 Å². The first-order chi connectivity index (χ1) is 24.0. The summed E-state index contributed by atoms with van der Waals surface area (Å²) >= 11 is 12.2. The van der Waals surface area contributed by atoms with Gasteiger partial charge in [-0.15, -0.1) is 0 Å². The molecule has 254 valence electrons. The quantitative estimate of drug-likeness (QED) is 0.183. The standard InChI is InChI=1S/C34H27Cl2N7O6S/c35-26-17-38-18-27(36)31(26)33(45)40-23-10-8-20(9-11-23)13-28(34(46)47)41-32(44)30-14-24(43-29-7-2-1-5-22(29)16-39-43)19-42(30)50(48,49)25-6-3-4-21(12-25)15-37/h1-12,16-18,24,28,30H,13-14,19H2,(H,40,45)(H,41,44)(H,46,47)/t24-,28+,30+/m1/s1. The first kappa shape index (κ1) is 34.5. The van der Waals surface area contributed by atoms with Crippen molar-refractivity contribution < 1.29 is 27.9 Å². The van der Waals surface area contributed by atoms with Crippen LogP contribution < -0.4 is 10.6 Å². The maximum Gasteiger partial charge on any atom is 0.326 e. The van der Waals surface area contributed by atoms with Crippen molar-refractivity contribution >= 4 is 67.6 Å². The molecule has 0 spiro atoms. The van der Waals surface area contributed by atoms with Crippen molar-refractivity contribution in [1.29, 1.82) is 5.26 Å². The van der Waals surface area contributed by atoms with E-state index in [1.807, 2.05) is 30.3 Å². The number of fused-ring (bicyclic) bond motifs is 1. The van der Waals surface area contributed by atoms with Gasteiger partial charge in [0.2, 0.25) is 15.9 Å². The highest BCUT2D eigenvalue weighted by atomic mass is 35.5. The molecule has 0 unspecified atom stereocenters. The highest BCUT2D eigenvalue weighted by molar-refractivity contribution is 7.89. The lowest BCUT2D eigenvalue weighted by Crippen LogP contribution is -2.51. The van der Waals surface area contributed by atoms with Gasteiger partial charge in [-0.2, -0.15) is 14.7 Å². The molecule has 16 heteroatoms. The minimum Gasteiger partial charge on any atom is -0.480 e. The fourth-order valence-corrected chi connectivity index (χ4v) is 8.08. The second-order valence-corrected chi connectivity index (χ2v) is 14.2. The number of amides is 2. The Morgan fingerprint density at radius 2 is 1.72 bits per heavy atom. The molecule has 5 aromatic rings. The van der Waals surface area contributed by atoms with Crippen molar-refractivity contribution in [1.82, 2.24) is 24.4 Å². The Bertz CT molecular complexity index is 2250. The molecule has 0 radical (unpaired) electrons. The number of nitrogens with zero attached hydrogens (tertiary/aromatic N) is 5. The van der Waals surface area contributed by atoms with Gasteiger partial charge < -0.3 is 15.7 Å². The molecule has 0 bridgehead atoms. The van der Waals surface area contributed by atoms with Crippen LogP contribution in [-0.2, 0) is 26.0 Å². The summed E-state index contributed by atoms with van der Waals surface area (Å²) in [6.45, 7) is -0.121. The largest absolute Gasteiger partial charge is 0.480 e. The van der Waals surface area contributed by atoms with Crippen LogP contribution in [0.1, 0.15) is 33.9 Å². The summed E-state index contributed by atoms with van der Waals surface area (Å²) in [6.07, 6.45) is 4.10. The van der Waals surface area contributed by atoms with Gasteiger partial charge in [-0.25, -0.2) is 13.2 Å². The number of pyridine rings is 1. The average Bonchev–Trinajstić information content (AvgIpc) is 3.74. The van der Waals surface area contributed by atoms with E-state index in [-0.39, 0.29) is 45.5 Å². The summed E-state index contributed by atoms with van der Waals surface area (Å²) in [5.41, 5.74) is 1.81. The molecular formula is C34H27Cl2N7O6S. The molecule has 50 heavy (non-hydrogen) atoms. The predicted octanol–water partition coefficient (Wildman–Crippen LogP) is 4.68. The van der Waals surface area contributed by atoms with Gasteiger partial charge in [0, 0.05) is 36.4 Å². The summed E-state index contributed by atoms with van der Waals surface area (Å²) in [6, 6.07) is 17.8. The minimum atomic E-state index is -4.32. The number of rotatable bonds is 10. The molecular weight excluding hydrogens is 705 g/mol. The van der Waals surface area contributed by atoms with E-state index in [2.05, 4.69) is 20.7 Å². The number of hydrogen-bond acceptors (Lipinski definition) is 8. The number of carboxylic acid groups (broad SMARTS) is 1. The Labute approximate surface area is 296 Å². The summed E-state index contributed by atoms with van der Waals surface area (Å²) in [7, 11) is -4.32. The number of hydrogen-bond donors (Lipinski definition) is 3. The third-order valence-corrected chi connectivity index (χ3v) is 10.7. The molecule has 3 atom stereocenters. The lowest BCUT2D eigenvalue weighted by Gasteiger charge is -2.25. The molecule has 1 fully saturated rings. The Kier molecular flexibility index (Phi) is 9.85. The number of nitriles is 1. The second-order valence-electron chi connectivity index (χ2n) is 11.5. The smallest absolute Gasteiger partial charge is 0.326 e. The van der Waals surface area contributed by atoms with Crippen LogP contribution in [0.15, 0.2) is 96.3 Å². The maximum absolute atomic E-state index is 14.0. The normalized spacial score (nSPS) is 16.8. The van der Waals surface area contributed by atoms with Gasteiger partial charge in [0.25, 0.3) is 5.91 Å². The van der Waals surface area contributed by atoms with Crippen LogP contribution in [0.3, 0.4) is 0 Å². The molecule has 3 heterocycles. The highest BCUT2D eigenvalue weighted by Gasteiger charge is 2.46. The van der Waals surface area contributed by atoms with Gasteiger partial charge in [-0.1, -0.05) is 59.6 Å². The Morgan fingerprint density at radius 1 is 1.00 bits per heavy atom.